The number of aromatic nitrogens is 3. The molecule has 5 aromatic rings. The van der Waals surface area contributed by atoms with Gasteiger partial charge in [-0.3, -0.25) is 9.59 Å². The number of hydrogen-bond donors (Lipinski definition) is 2. The van der Waals surface area contributed by atoms with Gasteiger partial charge < -0.3 is 19.9 Å². The number of carbonyl (C=O) groups is 3. The minimum atomic E-state index is -4.52. The molecule has 16 heteroatoms. The van der Waals surface area contributed by atoms with E-state index in [2.05, 4.69) is 15.4 Å². The van der Waals surface area contributed by atoms with E-state index in [-0.39, 0.29) is 36.3 Å². The standard InChI is InChI=1S/C31H27F3N4O7S2/c1-30(2,3)45-29(43)36-23(28(41)42)10-16-4-7-18(8-5-16)44-26(39)12-21-19-14-46-15-20(19)27(40)38(37-21)13-25-35-22-11-17(31(32,33)34)6-9-24(22)47-25/h4-9,11,14-15,23H,10,12-13H2,1-3H3,(H,36,43)(H,41,42). The summed E-state index contributed by atoms with van der Waals surface area (Å²) < 4.78 is 51.7. The van der Waals surface area contributed by atoms with Gasteiger partial charge >= 0.3 is 24.2 Å². The molecule has 0 aliphatic heterocycles. The van der Waals surface area contributed by atoms with E-state index in [9.17, 15) is 37.5 Å². The zero-order chi connectivity index (χ0) is 34.1. The van der Waals surface area contributed by atoms with Gasteiger partial charge in [-0.05, 0) is 56.7 Å². The van der Waals surface area contributed by atoms with Gasteiger partial charge in [-0.15, -0.1) is 11.3 Å². The molecule has 11 nitrogen and oxygen atoms in total. The zero-order valence-electron chi connectivity index (χ0n) is 25.1. The molecule has 1 unspecified atom stereocenters. The molecule has 0 saturated carbocycles. The van der Waals surface area contributed by atoms with E-state index in [0.29, 0.717) is 26.0 Å². The van der Waals surface area contributed by atoms with E-state index in [4.69, 9.17) is 9.47 Å². The molecule has 1 atom stereocenters. The molecular weight excluding hydrogens is 661 g/mol. The Morgan fingerprint density at radius 1 is 1.04 bits per heavy atom. The summed E-state index contributed by atoms with van der Waals surface area (Å²) in [6.07, 6.45) is -5.74. The first-order chi connectivity index (χ1) is 22.1. The summed E-state index contributed by atoms with van der Waals surface area (Å²) in [6.45, 7) is 4.85. The highest BCUT2D eigenvalue weighted by Crippen LogP contribution is 2.33. The largest absolute Gasteiger partial charge is 0.480 e. The number of alkyl halides is 3. The Balaban J connectivity index is 1.28. The number of carbonyl (C=O) groups excluding carboxylic acids is 2. The summed E-state index contributed by atoms with van der Waals surface area (Å²) in [5, 5.41) is 20.7. The highest BCUT2D eigenvalue weighted by molar-refractivity contribution is 7.18. The molecule has 3 heterocycles. The van der Waals surface area contributed by atoms with E-state index in [1.165, 1.54) is 29.5 Å². The van der Waals surface area contributed by atoms with Crippen LogP contribution in [0.2, 0.25) is 0 Å². The molecule has 0 radical (unpaired) electrons. The minimum absolute atomic E-state index is 0.0530. The molecular formula is C31H27F3N4O7S2. The van der Waals surface area contributed by atoms with Crippen LogP contribution in [0.4, 0.5) is 18.0 Å². The van der Waals surface area contributed by atoms with Gasteiger partial charge in [0, 0.05) is 22.6 Å². The highest BCUT2D eigenvalue weighted by atomic mass is 32.1. The number of esters is 1. The van der Waals surface area contributed by atoms with Crippen LogP contribution in [0.5, 0.6) is 5.75 Å². The Hall–Kier alpha value is -4.83. The molecule has 2 N–H and O–H groups in total. The quantitative estimate of drug-likeness (QED) is 0.145. The molecule has 0 spiro atoms. The molecule has 0 aliphatic rings. The monoisotopic (exact) mass is 688 g/mol. The van der Waals surface area contributed by atoms with E-state index < -0.39 is 47.0 Å². The molecule has 5 rings (SSSR count). The molecule has 1 amide bonds. The molecule has 0 aliphatic carbocycles. The predicted molar refractivity (Wildman–Crippen MR) is 168 cm³/mol. The lowest BCUT2D eigenvalue weighted by Gasteiger charge is -2.22. The lowest BCUT2D eigenvalue weighted by atomic mass is 10.1. The number of thiophene rings is 1. The number of nitrogens with zero attached hydrogens (tertiary/aromatic N) is 3. The molecule has 246 valence electrons. The smallest absolute Gasteiger partial charge is 0.416 e. The van der Waals surface area contributed by atoms with Crippen molar-refractivity contribution in [2.75, 3.05) is 0 Å². The van der Waals surface area contributed by atoms with Gasteiger partial charge in [0.1, 0.15) is 22.4 Å². The van der Waals surface area contributed by atoms with Crippen LogP contribution in [0.3, 0.4) is 0 Å². The van der Waals surface area contributed by atoms with Crippen LogP contribution in [-0.4, -0.2) is 49.5 Å². The summed E-state index contributed by atoms with van der Waals surface area (Å²) in [5.74, 6) is -1.76. The lowest BCUT2D eigenvalue weighted by Crippen LogP contribution is -2.44. The van der Waals surface area contributed by atoms with Crippen LogP contribution in [-0.2, 0) is 39.9 Å². The summed E-state index contributed by atoms with van der Waals surface area (Å²) >= 11 is 2.38. The molecule has 2 aromatic carbocycles. The van der Waals surface area contributed by atoms with Gasteiger partial charge in [0.2, 0.25) is 0 Å². The van der Waals surface area contributed by atoms with Crippen LogP contribution in [0, 0.1) is 0 Å². The Morgan fingerprint density at radius 3 is 2.40 bits per heavy atom. The van der Waals surface area contributed by atoms with Crippen LogP contribution in [0.15, 0.2) is 58.0 Å². The first-order valence-corrected chi connectivity index (χ1v) is 15.8. The Morgan fingerprint density at radius 2 is 1.74 bits per heavy atom. The fourth-order valence-corrected chi connectivity index (χ4v) is 6.30. The second-order valence-corrected chi connectivity index (χ2v) is 13.3. The normalized spacial score (nSPS) is 12.6. The Kier molecular flexibility index (Phi) is 9.36. The minimum Gasteiger partial charge on any atom is -0.480 e. The fourth-order valence-electron chi connectivity index (χ4n) is 4.54. The van der Waals surface area contributed by atoms with Crippen molar-refractivity contribution in [3.63, 3.8) is 0 Å². The molecule has 0 saturated heterocycles. The second-order valence-electron chi connectivity index (χ2n) is 11.4. The average Bonchev–Trinajstić information content (AvgIpc) is 3.62. The number of amides is 1. The van der Waals surface area contributed by atoms with Crippen molar-refractivity contribution < 1.29 is 42.1 Å². The molecule has 0 fully saturated rings. The molecule has 3 aromatic heterocycles. The Labute approximate surface area is 272 Å². The topological polar surface area (TPSA) is 150 Å². The summed E-state index contributed by atoms with van der Waals surface area (Å²) in [5.41, 5.74) is -1.11. The number of alkyl carbamates (subject to hydrolysis) is 1. The van der Waals surface area contributed by atoms with Crippen LogP contribution in [0.1, 0.15) is 42.6 Å². The van der Waals surface area contributed by atoms with Gasteiger partial charge in [-0.25, -0.2) is 19.3 Å². The lowest BCUT2D eigenvalue weighted by molar-refractivity contribution is -0.139. The number of benzene rings is 2. The number of nitrogens with one attached hydrogen (secondary N) is 1. The number of carboxylic acid groups (broad SMARTS) is 1. The number of rotatable bonds is 9. The van der Waals surface area contributed by atoms with E-state index in [1.807, 2.05) is 0 Å². The van der Waals surface area contributed by atoms with E-state index in [1.54, 1.807) is 43.7 Å². The molecule has 0 bridgehead atoms. The zero-order valence-corrected chi connectivity index (χ0v) is 26.7. The number of thiazole rings is 1. The maximum atomic E-state index is 13.1. The van der Waals surface area contributed by atoms with Crippen LogP contribution < -0.4 is 15.6 Å². The highest BCUT2D eigenvalue weighted by Gasteiger charge is 2.31. The predicted octanol–water partition coefficient (Wildman–Crippen LogP) is 5.80. The summed E-state index contributed by atoms with van der Waals surface area (Å²) in [6, 6.07) is 8.07. The number of hydrogen-bond acceptors (Lipinski definition) is 10. The third-order valence-corrected chi connectivity index (χ3v) is 8.38. The SMILES string of the molecule is CC(C)(C)OC(=O)NC(Cc1ccc(OC(=O)Cc2nn(Cc3nc4cc(C(F)(F)F)ccc4s3)c(=O)c3cscc23)cc1)C(=O)O. The first-order valence-electron chi connectivity index (χ1n) is 14.0. The number of aliphatic carboxylic acids is 1. The van der Waals surface area contributed by atoms with Gasteiger partial charge in [-0.2, -0.15) is 29.6 Å². The number of fused-ring (bicyclic) bond motifs is 2. The fraction of sp³-hybridized carbons (Fsp3) is 0.290. The van der Waals surface area contributed by atoms with Crippen LogP contribution >= 0.6 is 22.7 Å². The van der Waals surface area contributed by atoms with Crippen molar-refractivity contribution in [1.82, 2.24) is 20.1 Å². The van der Waals surface area contributed by atoms with Crippen molar-refractivity contribution >= 4 is 61.7 Å². The van der Waals surface area contributed by atoms with Gasteiger partial charge in [0.05, 0.1) is 39.8 Å². The van der Waals surface area contributed by atoms with Crippen molar-refractivity contribution in [1.29, 1.82) is 0 Å². The average molecular weight is 689 g/mol. The van der Waals surface area contributed by atoms with Gasteiger partial charge in [0.15, 0.2) is 0 Å². The summed E-state index contributed by atoms with van der Waals surface area (Å²) in [4.78, 5) is 54.1. The Bertz CT molecular complexity index is 2030. The van der Waals surface area contributed by atoms with E-state index >= 15 is 0 Å². The summed E-state index contributed by atoms with van der Waals surface area (Å²) in [7, 11) is 0. The van der Waals surface area contributed by atoms with Crippen molar-refractivity contribution in [2.24, 2.45) is 0 Å². The number of halogens is 3. The van der Waals surface area contributed by atoms with Gasteiger partial charge in [0.25, 0.3) is 5.56 Å². The third-order valence-electron chi connectivity index (χ3n) is 6.62. The van der Waals surface area contributed by atoms with Crippen molar-refractivity contribution in [3.05, 3.63) is 85.4 Å². The van der Waals surface area contributed by atoms with Crippen molar-refractivity contribution in [2.45, 2.75) is 58.0 Å². The van der Waals surface area contributed by atoms with Gasteiger partial charge in [-0.1, -0.05) is 12.1 Å². The maximum Gasteiger partial charge on any atom is 0.416 e. The molecule has 47 heavy (non-hydrogen) atoms. The first kappa shape index (κ1) is 33.5. The van der Waals surface area contributed by atoms with Crippen molar-refractivity contribution in [3.8, 4) is 5.75 Å². The number of carboxylic acids is 1. The van der Waals surface area contributed by atoms with E-state index in [0.717, 1.165) is 28.2 Å². The second kappa shape index (κ2) is 13.1. The number of ether oxygens (including phenoxy) is 2. The van der Waals surface area contributed by atoms with Crippen LogP contribution in [0.25, 0.3) is 21.0 Å². The maximum absolute atomic E-state index is 13.1. The third kappa shape index (κ3) is 8.31.